The number of amides is 1. The SMILES string of the molecule is CNC(=O)c1nc(C(C)C)n2cccc(F)c12. The lowest BCUT2D eigenvalue weighted by Gasteiger charge is -2.03. The van der Waals surface area contributed by atoms with E-state index in [4.69, 9.17) is 0 Å². The third-order valence-corrected chi connectivity index (χ3v) is 2.60. The van der Waals surface area contributed by atoms with Crippen LogP contribution in [0.2, 0.25) is 0 Å². The second kappa shape index (κ2) is 4.16. The number of aromatic nitrogens is 2. The van der Waals surface area contributed by atoms with Gasteiger partial charge in [-0.2, -0.15) is 0 Å². The first-order valence-electron chi connectivity index (χ1n) is 5.44. The molecular formula is C12H14FN3O. The molecule has 2 heterocycles. The van der Waals surface area contributed by atoms with E-state index in [9.17, 15) is 9.18 Å². The van der Waals surface area contributed by atoms with E-state index in [0.29, 0.717) is 5.82 Å². The van der Waals surface area contributed by atoms with Gasteiger partial charge in [0.25, 0.3) is 5.91 Å². The number of nitrogens with zero attached hydrogens (tertiary/aromatic N) is 2. The number of hydrogen-bond acceptors (Lipinski definition) is 2. The van der Waals surface area contributed by atoms with Crippen LogP contribution < -0.4 is 5.32 Å². The van der Waals surface area contributed by atoms with Gasteiger partial charge in [-0.1, -0.05) is 13.8 Å². The first kappa shape index (κ1) is 11.6. The minimum Gasteiger partial charge on any atom is -0.354 e. The third-order valence-electron chi connectivity index (χ3n) is 2.60. The molecule has 1 amide bonds. The van der Waals surface area contributed by atoms with Crippen LogP contribution in [0, 0.1) is 5.82 Å². The van der Waals surface area contributed by atoms with Gasteiger partial charge in [-0.3, -0.25) is 4.79 Å². The summed E-state index contributed by atoms with van der Waals surface area (Å²) in [5, 5.41) is 2.47. The maximum atomic E-state index is 13.8. The number of pyridine rings is 1. The van der Waals surface area contributed by atoms with Crippen LogP contribution >= 0.6 is 0 Å². The predicted octanol–water partition coefficient (Wildman–Crippen LogP) is 1.96. The van der Waals surface area contributed by atoms with Crippen molar-refractivity contribution < 1.29 is 9.18 Å². The smallest absolute Gasteiger partial charge is 0.272 e. The molecule has 0 aliphatic carbocycles. The first-order valence-corrected chi connectivity index (χ1v) is 5.44. The third kappa shape index (κ3) is 1.77. The molecule has 1 N–H and O–H groups in total. The van der Waals surface area contributed by atoms with E-state index in [2.05, 4.69) is 10.3 Å². The van der Waals surface area contributed by atoms with Crippen LogP contribution in [-0.2, 0) is 0 Å². The van der Waals surface area contributed by atoms with E-state index in [1.54, 1.807) is 16.7 Å². The first-order chi connectivity index (χ1) is 8.06. The van der Waals surface area contributed by atoms with Crippen molar-refractivity contribution in [3.05, 3.63) is 35.7 Å². The van der Waals surface area contributed by atoms with Gasteiger partial charge in [0.15, 0.2) is 5.69 Å². The highest BCUT2D eigenvalue weighted by Gasteiger charge is 2.20. The lowest BCUT2D eigenvalue weighted by atomic mass is 10.2. The highest BCUT2D eigenvalue weighted by Crippen LogP contribution is 2.21. The topological polar surface area (TPSA) is 46.4 Å². The van der Waals surface area contributed by atoms with Crippen LogP contribution in [-0.4, -0.2) is 22.3 Å². The van der Waals surface area contributed by atoms with E-state index >= 15 is 0 Å². The highest BCUT2D eigenvalue weighted by molar-refractivity contribution is 5.99. The molecule has 5 heteroatoms. The lowest BCUT2D eigenvalue weighted by Crippen LogP contribution is -2.18. The number of imidazole rings is 1. The molecule has 0 fully saturated rings. The molecule has 0 atom stereocenters. The molecule has 0 aromatic carbocycles. The van der Waals surface area contributed by atoms with Crippen molar-refractivity contribution in [3.63, 3.8) is 0 Å². The molecule has 0 saturated heterocycles. The number of hydrogen-bond donors (Lipinski definition) is 1. The summed E-state index contributed by atoms with van der Waals surface area (Å²) in [5.74, 6) is -0.0224. The summed E-state index contributed by atoms with van der Waals surface area (Å²) in [4.78, 5) is 15.9. The average Bonchev–Trinajstić information content (AvgIpc) is 2.69. The van der Waals surface area contributed by atoms with Gasteiger partial charge in [0.2, 0.25) is 0 Å². The van der Waals surface area contributed by atoms with E-state index in [-0.39, 0.29) is 23.0 Å². The number of fused-ring (bicyclic) bond motifs is 1. The molecule has 2 rings (SSSR count). The monoisotopic (exact) mass is 235 g/mol. The Labute approximate surface area is 98.5 Å². The van der Waals surface area contributed by atoms with E-state index in [1.165, 1.54) is 13.1 Å². The van der Waals surface area contributed by atoms with Crippen LogP contribution in [0.25, 0.3) is 5.52 Å². The minimum absolute atomic E-state index is 0.114. The zero-order chi connectivity index (χ0) is 12.6. The van der Waals surface area contributed by atoms with E-state index in [1.807, 2.05) is 13.8 Å². The van der Waals surface area contributed by atoms with Crippen molar-refractivity contribution in [2.75, 3.05) is 7.05 Å². The van der Waals surface area contributed by atoms with Crippen molar-refractivity contribution in [2.45, 2.75) is 19.8 Å². The molecule has 0 aliphatic heterocycles. The molecule has 0 unspecified atom stereocenters. The second-order valence-electron chi connectivity index (χ2n) is 4.13. The van der Waals surface area contributed by atoms with Gasteiger partial charge in [-0.05, 0) is 12.1 Å². The molecule has 0 radical (unpaired) electrons. The fourth-order valence-electron chi connectivity index (χ4n) is 1.81. The Kier molecular flexibility index (Phi) is 2.83. The number of rotatable bonds is 2. The standard InChI is InChI=1S/C12H14FN3O/c1-7(2)11-15-9(12(17)14-3)10-8(13)5-4-6-16(10)11/h4-7H,1-3H3,(H,14,17). The van der Waals surface area contributed by atoms with Crippen LogP contribution in [0.3, 0.4) is 0 Å². The molecule has 90 valence electrons. The summed E-state index contributed by atoms with van der Waals surface area (Å²) in [6, 6.07) is 2.93. The van der Waals surface area contributed by atoms with Gasteiger partial charge in [-0.25, -0.2) is 9.37 Å². The molecular weight excluding hydrogens is 221 g/mol. The Bertz CT molecular complexity index is 574. The predicted molar refractivity (Wildman–Crippen MR) is 62.6 cm³/mol. The minimum atomic E-state index is -0.439. The fraction of sp³-hybridized carbons (Fsp3) is 0.333. The lowest BCUT2D eigenvalue weighted by molar-refractivity contribution is 0.0960. The van der Waals surface area contributed by atoms with Crippen molar-refractivity contribution in [3.8, 4) is 0 Å². The summed E-state index contributed by atoms with van der Waals surface area (Å²) in [5.41, 5.74) is 0.366. The summed E-state index contributed by atoms with van der Waals surface area (Å²) in [7, 11) is 1.50. The summed E-state index contributed by atoms with van der Waals surface area (Å²) < 4.78 is 15.4. The number of carbonyl (C=O) groups excluding carboxylic acids is 1. The van der Waals surface area contributed by atoms with E-state index < -0.39 is 5.82 Å². The van der Waals surface area contributed by atoms with Crippen LogP contribution in [0.15, 0.2) is 18.3 Å². The largest absolute Gasteiger partial charge is 0.354 e. The molecule has 0 bridgehead atoms. The fourth-order valence-corrected chi connectivity index (χ4v) is 1.81. The van der Waals surface area contributed by atoms with Gasteiger partial charge >= 0.3 is 0 Å². The zero-order valence-corrected chi connectivity index (χ0v) is 9.99. The summed E-state index contributed by atoms with van der Waals surface area (Å²) in [6.45, 7) is 3.90. The Morgan fingerprint density at radius 1 is 1.53 bits per heavy atom. The maximum absolute atomic E-state index is 13.8. The second-order valence-corrected chi connectivity index (χ2v) is 4.13. The molecule has 0 spiro atoms. The molecule has 17 heavy (non-hydrogen) atoms. The summed E-state index contributed by atoms with van der Waals surface area (Å²) in [6.07, 6.45) is 1.72. The van der Waals surface area contributed by atoms with Crippen LogP contribution in [0.5, 0.6) is 0 Å². The van der Waals surface area contributed by atoms with Crippen LogP contribution in [0.4, 0.5) is 4.39 Å². The maximum Gasteiger partial charge on any atom is 0.272 e. The Morgan fingerprint density at radius 3 is 2.82 bits per heavy atom. The Hall–Kier alpha value is -1.91. The van der Waals surface area contributed by atoms with Gasteiger partial charge in [-0.15, -0.1) is 0 Å². The van der Waals surface area contributed by atoms with Crippen molar-refractivity contribution in [1.82, 2.24) is 14.7 Å². The summed E-state index contributed by atoms with van der Waals surface area (Å²) >= 11 is 0. The van der Waals surface area contributed by atoms with Crippen molar-refractivity contribution in [2.24, 2.45) is 0 Å². The van der Waals surface area contributed by atoms with Gasteiger partial charge < -0.3 is 9.72 Å². The molecule has 2 aromatic heterocycles. The van der Waals surface area contributed by atoms with E-state index in [0.717, 1.165) is 0 Å². The zero-order valence-electron chi connectivity index (χ0n) is 9.99. The normalized spacial score (nSPS) is 11.1. The number of nitrogens with one attached hydrogen (secondary N) is 1. The highest BCUT2D eigenvalue weighted by atomic mass is 19.1. The van der Waals surface area contributed by atoms with Gasteiger partial charge in [0, 0.05) is 19.2 Å². The molecule has 0 saturated carbocycles. The molecule has 4 nitrogen and oxygen atoms in total. The Morgan fingerprint density at radius 2 is 2.24 bits per heavy atom. The van der Waals surface area contributed by atoms with Crippen molar-refractivity contribution in [1.29, 1.82) is 0 Å². The number of halogens is 1. The van der Waals surface area contributed by atoms with Gasteiger partial charge in [0.1, 0.15) is 17.2 Å². The van der Waals surface area contributed by atoms with Gasteiger partial charge in [0.05, 0.1) is 0 Å². The van der Waals surface area contributed by atoms with Crippen LogP contribution in [0.1, 0.15) is 36.1 Å². The Balaban J connectivity index is 2.80. The molecule has 0 aliphatic rings. The quantitative estimate of drug-likeness (QED) is 0.864. The number of carbonyl (C=O) groups is 1. The average molecular weight is 235 g/mol. The molecule has 2 aromatic rings. The van der Waals surface area contributed by atoms with Crippen molar-refractivity contribution >= 4 is 11.4 Å².